The van der Waals surface area contributed by atoms with Crippen molar-refractivity contribution in [1.29, 1.82) is 0 Å². The number of carbonyl (C=O) groups is 1. The van der Waals surface area contributed by atoms with E-state index in [0.717, 1.165) is 50.1 Å². The van der Waals surface area contributed by atoms with E-state index in [9.17, 15) is 4.79 Å². The first-order chi connectivity index (χ1) is 11.3. The molecule has 23 heavy (non-hydrogen) atoms. The van der Waals surface area contributed by atoms with E-state index in [1.165, 1.54) is 19.3 Å². The van der Waals surface area contributed by atoms with Gasteiger partial charge in [0, 0.05) is 19.3 Å². The van der Waals surface area contributed by atoms with E-state index in [2.05, 4.69) is 10.4 Å². The third-order valence-electron chi connectivity index (χ3n) is 5.66. The van der Waals surface area contributed by atoms with E-state index in [1.54, 1.807) is 10.7 Å². The largest absolute Gasteiger partial charge is 0.339 e. The minimum Gasteiger partial charge on any atom is -0.339 e. The summed E-state index contributed by atoms with van der Waals surface area (Å²) in [7, 11) is 0. The Kier molecular flexibility index (Phi) is 3.81. The number of aromatic nitrogens is 2. The van der Waals surface area contributed by atoms with Gasteiger partial charge in [0.15, 0.2) is 0 Å². The second-order valence-electron chi connectivity index (χ2n) is 6.98. The maximum absolute atomic E-state index is 13.0. The molecular formula is C18H24N4O. The quantitative estimate of drug-likeness (QED) is 0.879. The van der Waals surface area contributed by atoms with Gasteiger partial charge in [0.2, 0.25) is 0 Å². The first-order valence-corrected chi connectivity index (χ1v) is 8.70. The third kappa shape index (κ3) is 2.74. The van der Waals surface area contributed by atoms with Crippen molar-refractivity contribution in [3.63, 3.8) is 0 Å². The molecule has 4 rings (SSSR count). The molecule has 0 atom stereocenters. The zero-order chi connectivity index (χ0) is 15.7. The fourth-order valence-corrected chi connectivity index (χ4v) is 4.18. The Balaban J connectivity index is 1.53. The summed E-state index contributed by atoms with van der Waals surface area (Å²) in [6.07, 6.45) is 9.62. The van der Waals surface area contributed by atoms with E-state index < -0.39 is 0 Å². The summed E-state index contributed by atoms with van der Waals surface area (Å²) >= 11 is 0. The SMILES string of the molecule is O=C(c1cnn2ccccc12)N1CCCC2(CCNCC2)CC1. The molecule has 1 amide bonds. The molecule has 2 aliphatic heterocycles. The van der Waals surface area contributed by atoms with E-state index in [1.807, 2.05) is 29.3 Å². The summed E-state index contributed by atoms with van der Waals surface area (Å²) in [6, 6.07) is 5.85. The van der Waals surface area contributed by atoms with Crippen LogP contribution in [-0.4, -0.2) is 46.6 Å². The van der Waals surface area contributed by atoms with E-state index in [4.69, 9.17) is 0 Å². The zero-order valence-electron chi connectivity index (χ0n) is 13.5. The molecule has 0 aliphatic carbocycles. The van der Waals surface area contributed by atoms with Gasteiger partial charge in [-0.1, -0.05) is 6.07 Å². The Morgan fingerprint density at radius 1 is 1.13 bits per heavy atom. The molecular weight excluding hydrogens is 288 g/mol. The monoisotopic (exact) mass is 312 g/mol. The van der Waals surface area contributed by atoms with Crippen LogP contribution in [0.1, 0.15) is 42.5 Å². The standard InChI is InChI=1S/C18H24N4O/c23-17(15-14-20-22-12-2-1-4-16(15)22)21-11-3-5-18(8-13-21)6-9-19-10-7-18/h1-2,4,12,14,19H,3,5-11,13H2. The number of amides is 1. The van der Waals surface area contributed by atoms with E-state index in [0.29, 0.717) is 5.41 Å². The number of pyridine rings is 1. The molecule has 2 aromatic rings. The Morgan fingerprint density at radius 3 is 2.87 bits per heavy atom. The molecule has 0 bridgehead atoms. The fourth-order valence-electron chi connectivity index (χ4n) is 4.18. The molecule has 5 heteroatoms. The highest BCUT2D eigenvalue weighted by molar-refractivity contribution is 6.00. The van der Waals surface area contributed by atoms with Crippen LogP contribution in [0.5, 0.6) is 0 Å². The first-order valence-electron chi connectivity index (χ1n) is 8.70. The highest BCUT2D eigenvalue weighted by Crippen LogP contribution is 2.39. The molecule has 0 saturated carbocycles. The van der Waals surface area contributed by atoms with Gasteiger partial charge >= 0.3 is 0 Å². The predicted molar refractivity (Wildman–Crippen MR) is 89.5 cm³/mol. The second-order valence-corrected chi connectivity index (χ2v) is 6.98. The maximum atomic E-state index is 13.0. The van der Waals surface area contributed by atoms with Crippen LogP contribution >= 0.6 is 0 Å². The lowest BCUT2D eigenvalue weighted by atomic mass is 9.73. The fraction of sp³-hybridized carbons (Fsp3) is 0.556. The molecule has 0 unspecified atom stereocenters. The molecule has 2 aromatic heterocycles. The smallest absolute Gasteiger partial charge is 0.257 e. The first kappa shape index (κ1) is 14.7. The molecule has 0 aromatic carbocycles. The molecule has 1 N–H and O–H groups in total. The molecule has 2 fully saturated rings. The average Bonchev–Trinajstić information content (AvgIpc) is 2.92. The normalized spacial score (nSPS) is 21.5. The highest BCUT2D eigenvalue weighted by Gasteiger charge is 2.35. The lowest BCUT2D eigenvalue weighted by Crippen LogP contribution is -2.38. The van der Waals surface area contributed by atoms with Crippen LogP contribution in [0.4, 0.5) is 0 Å². The van der Waals surface area contributed by atoms with Gasteiger partial charge in [-0.15, -0.1) is 0 Å². The Hall–Kier alpha value is -1.88. The molecule has 122 valence electrons. The number of piperidine rings is 1. The summed E-state index contributed by atoms with van der Waals surface area (Å²) in [6.45, 7) is 4.01. The predicted octanol–water partition coefficient (Wildman–Crippen LogP) is 2.33. The van der Waals surface area contributed by atoms with Gasteiger partial charge in [0.1, 0.15) is 0 Å². The third-order valence-corrected chi connectivity index (χ3v) is 5.66. The van der Waals surface area contributed by atoms with Crippen LogP contribution in [-0.2, 0) is 0 Å². The number of likely N-dealkylation sites (tertiary alicyclic amines) is 1. The number of hydrogen-bond acceptors (Lipinski definition) is 3. The Labute approximate surface area is 136 Å². The second kappa shape index (κ2) is 5.96. The molecule has 4 heterocycles. The van der Waals surface area contributed by atoms with Crippen molar-refractivity contribution in [2.24, 2.45) is 5.41 Å². The molecule has 2 aliphatic rings. The van der Waals surface area contributed by atoms with Crippen LogP contribution in [0.2, 0.25) is 0 Å². The number of fused-ring (bicyclic) bond motifs is 1. The van der Waals surface area contributed by atoms with Gasteiger partial charge in [-0.2, -0.15) is 5.10 Å². The molecule has 1 spiro atoms. The molecule has 5 nitrogen and oxygen atoms in total. The topological polar surface area (TPSA) is 49.6 Å². The minimum absolute atomic E-state index is 0.136. The van der Waals surface area contributed by atoms with Gasteiger partial charge in [-0.25, -0.2) is 4.52 Å². The maximum Gasteiger partial charge on any atom is 0.257 e. The van der Waals surface area contributed by atoms with Crippen LogP contribution in [0, 0.1) is 5.41 Å². The minimum atomic E-state index is 0.136. The number of nitrogens with zero attached hydrogens (tertiary/aromatic N) is 3. The van der Waals surface area contributed by atoms with Crippen LogP contribution in [0.3, 0.4) is 0 Å². The number of carbonyl (C=O) groups excluding carboxylic acids is 1. The highest BCUT2D eigenvalue weighted by atomic mass is 16.2. The number of rotatable bonds is 1. The Morgan fingerprint density at radius 2 is 2.00 bits per heavy atom. The van der Waals surface area contributed by atoms with Gasteiger partial charge in [-0.05, 0) is 62.7 Å². The van der Waals surface area contributed by atoms with Gasteiger partial charge in [-0.3, -0.25) is 4.79 Å². The lowest BCUT2D eigenvalue weighted by molar-refractivity contribution is 0.0752. The van der Waals surface area contributed by atoms with Gasteiger partial charge in [0.25, 0.3) is 5.91 Å². The van der Waals surface area contributed by atoms with Crippen LogP contribution < -0.4 is 5.32 Å². The van der Waals surface area contributed by atoms with Crippen molar-refractivity contribution in [1.82, 2.24) is 19.8 Å². The van der Waals surface area contributed by atoms with Crippen molar-refractivity contribution >= 4 is 11.4 Å². The van der Waals surface area contributed by atoms with Crippen molar-refractivity contribution < 1.29 is 4.79 Å². The molecule has 0 radical (unpaired) electrons. The van der Waals surface area contributed by atoms with Gasteiger partial charge < -0.3 is 10.2 Å². The van der Waals surface area contributed by atoms with Crippen molar-refractivity contribution in [3.8, 4) is 0 Å². The zero-order valence-corrected chi connectivity index (χ0v) is 13.5. The van der Waals surface area contributed by atoms with Crippen LogP contribution in [0.15, 0.2) is 30.6 Å². The van der Waals surface area contributed by atoms with Crippen molar-refractivity contribution in [2.75, 3.05) is 26.2 Å². The summed E-state index contributed by atoms with van der Waals surface area (Å²) in [5, 5.41) is 7.76. The average molecular weight is 312 g/mol. The van der Waals surface area contributed by atoms with Crippen molar-refractivity contribution in [3.05, 3.63) is 36.2 Å². The summed E-state index contributed by atoms with van der Waals surface area (Å²) in [5.41, 5.74) is 2.09. The van der Waals surface area contributed by atoms with E-state index in [-0.39, 0.29) is 5.91 Å². The van der Waals surface area contributed by atoms with Crippen molar-refractivity contribution in [2.45, 2.75) is 32.1 Å². The summed E-state index contributed by atoms with van der Waals surface area (Å²) in [5.74, 6) is 0.136. The van der Waals surface area contributed by atoms with Gasteiger partial charge in [0.05, 0.1) is 17.3 Å². The summed E-state index contributed by atoms with van der Waals surface area (Å²) in [4.78, 5) is 15.0. The summed E-state index contributed by atoms with van der Waals surface area (Å²) < 4.78 is 1.78. The lowest BCUT2D eigenvalue weighted by Gasteiger charge is -2.37. The Bertz CT molecular complexity index is 702. The number of nitrogens with one attached hydrogen (secondary N) is 1. The molecule has 2 saturated heterocycles. The number of hydrogen-bond donors (Lipinski definition) is 1. The van der Waals surface area contributed by atoms with Crippen LogP contribution in [0.25, 0.3) is 5.52 Å². The van der Waals surface area contributed by atoms with E-state index >= 15 is 0 Å².